The molecule has 1 unspecified atom stereocenters. The van der Waals surface area contributed by atoms with Crippen molar-refractivity contribution in [2.24, 2.45) is 0 Å². The lowest BCUT2D eigenvalue weighted by Gasteiger charge is -2.17. The number of nitro groups is 1. The molecule has 2 rings (SSSR count). The van der Waals surface area contributed by atoms with E-state index in [1.807, 2.05) is 0 Å². The Morgan fingerprint density at radius 2 is 2.00 bits per heavy atom. The van der Waals surface area contributed by atoms with E-state index in [1.165, 1.54) is 6.42 Å². The number of anilines is 1. The molecule has 18 heavy (non-hydrogen) atoms. The van der Waals surface area contributed by atoms with E-state index in [0.29, 0.717) is 6.04 Å². The second kappa shape index (κ2) is 5.82. The first-order chi connectivity index (χ1) is 8.65. The van der Waals surface area contributed by atoms with Crippen LogP contribution in [0.25, 0.3) is 0 Å². The number of non-ortho nitro benzene ring substituents is 1. The molecule has 98 valence electrons. The minimum absolute atomic E-state index is 0.140. The van der Waals surface area contributed by atoms with Crippen molar-refractivity contribution < 1.29 is 4.92 Å². The quantitative estimate of drug-likeness (QED) is 0.660. The number of benzene rings is 1. The fraction of sp³-hybridized carbons (Fsp3) is 0.538. The Bertz CT molecular complexity index is 405. The number of nitrogens with one attached hydrogen (secondary N) is 1. The van der Waals surface area contributed by atoms with E-state index in [1.54, 1.807) is 24.3 Å². The molecule has 5 heteroatoms. The molecule has 0 aromatic heterocycles. The summed E-state index contributed by atoms with van der Waals surface area (Å²) in [5.74, 6) is 0. The number of rotatable bonds is 3. The minimum atomic E-state index is -0.371. The Hall–Kier alpha value is -1.62. The fourth-order valence-electron chi connectivity index (χ4n) is 2.30. The van der Waals surface area contributed by atoms with E-state index < -0.39 is 0 Å². The van der Waals surface area contributed by atoms with Crippen LogP contribution in [0.2, 0.25) is 0 Å². The fourth-order valence-corrected chi connectivity index (χ4v) is 2.30. The van der Waals surface area contributed by atoms with Crippen molar-refractivity contribution in [3.05, 3.63) is 34.4 Å². The van der Waals surface area contributed by atoms with E-state index >= 15 is 0 Å². The highest BCUT2D eigenvalue weighted by molar-refractivity contribution is 5.49. The molecule has 1 atom stereocenters. The zero-order chi connectivity index (χ0) is 13.0. The van der Waals surface area contributed by atoms with Crippen LogP contribution < -0.4 is 5.32 Å². The molecule has 0 amide bonds. The summed E-state index contributed by atoms with van der Waals surface area (Å²) in [6, 6.07) is 7.13. The van der Waals surface area contributed by atoms with E-state index in [-0.39, 0.29) is 10.6 Å². The molecule has 1 saturated heterocycles. The van der Waals surface area contributed by atoms with Gasteiger partial charge in [0, 0.05) is 23.9 Å². The molecule has 0 radical (unpaired) electrons. The first-order valence-electron chi connectivity index (χ1n) is 6.34. The monoisotopic (exact) mass is 249 g/mol. The maximum atomic E-state index is 10.6. The van der Waals surface area contributed by atoms with Gasteiger partial charge in [0.1, 0.15) is 0 Å². The molecule has 0 bridgehead atoms. The molecule has 1 aromatic rings. The number of hydrogen-bond donors (Lipinski definition) is 1. The molecule has 1 fully saturated rings. The molecule has 5 nitrogen and oxygen atoms in total. The first-order valence-corrected chi connectivity index (χ1v) is 6.34. The molecule has 0 aliphatic carbocycles. The van der Waals surface area contributed by atoms with Gasteiger partial charge in [-0.25, -0.2) is 0 Å². The standard InChI is InChI=1S/C13H19N3O2/c1-15-9-2-3-11(8-10-15)14-12-4-6-13(7-5-12)16(17)18/h4-7,11,14H,2-3,8-10H2,1H3. The normalized spacial score (nSPS) is 21.3. The number of hydrogen-bond acceptors (Lipinski definition) is 4. The summed E-state index contributed by atoms with van der Waals surface area (Å²) in [6.45, 7) is 2.25. The molecule has 1 aliphatic heterocycles. The van der Waals surface area contributed by atoms with Crippen LogP contribution in [-0.4, -0.2) is 36.0 Å². The van der Waals surface area contributed by atoms with E-state index in [4.69, 9.17) is 0 Å². The predicted molar refractivity (Wildman–Crippen MR) is 71.9 cm³/mol. The average Bonchev–Trinajstić information content (AvgIpc) is 2.55. The smallest absolute Gasteiger partial charge is 0.269 e. The van der Waals surface area contributed by atoms with Crippen LogP contribution >= 0.6 is 0 Å². The Balaban J connectivity index is 1.94. The van der Waals surface area contributed by atoms with Crippen LogP contribution in [-0.2, 0) is 0 Å². The predicted octanol–water partition coefficient (Wildman–Crippen LogP) is 2.49. The van der Waals surface area contributed by atoms with Gasteiger partial charge in [0.25, 0.3) is 5.69 Å². The zero-order valence-electron chi connectivity index (χ0n) is 10.6. The molecule has 1 N–H and O–H groups in total. The van der Waals surface area contributed by atoms with Gasteiger partial charge in [-0.3, -0.25) is 10.1 Å². The van der Waals surface area contributed by atoms with Crippen LogP contribution in [0.1, 0.15) is 19.3 Å². The van der Waals surface area contributed by atoms with Crippen molar-refractivity contribution in [2.45, 2.75) is 25.3 Å². The third-order valence-electron chi connectivity index (χ3n) is 3.40. The molecular formula is C13H19N3O2. The molecular weight excluding hydrogens is 230 g/mol. The number of nitro benzene ring substituents is 1. The SMILES string of the molecule is CN1CCCC(Nc2ccc([N+](=O)[O-])cc2)CC1. The van der Waals surface area contributed by atoms with Gasteiger partial charge in [-0.1, -0.05) is 0 Å². The summed E-state index contributed by atoms with van der Waals surface area (Å²) in [6.07, 6.45) is 3.47. The Labute approximate surface area is 107 Å². The van der Waals surface area contributed by atoms with Crippen molar-refractivity contribution in [1.82, 2.24) is 4.90 Å². The lowest BCUT2D eigenvalue weighted by Crippen LogP contribution is -2.22. The lowest BCUT2D eigenvalue weighted by atomic mass is 10.1. The van der Waals surface area contributed by atoms with Crippen LogP contribution in [0.4, 0.5) is 11.4 Å². The van der Waals surface area contributed by atoms with Crippen LogP contribution in [0, 0.1) is 10.1 Å². The Kier molecular flexibility index (Phi) is 4.15. The lowest BCUT2D eigenvalue weighted by molar-refractivity contribution is -0.384. The van der Waals surface area contributed by atoms with Crippen LogP contribution in [0.5, 0.6) is 0 Å². The molecule has 1 aromatic carbocycles. The first kappa shape index (κ1) is 12.8. The summed E-state index contributed by atoms with van der Waals surface area (Å²) in [5, 5.41) is 14.0. The van der Waals surface area contributed by atoms with Gasteiger partial charge in [0.05, 0.1) is 4.92 Å². The van der Waals surface area contributed by atoms with Gasteiger partial charge in [-0.2, -0.15) is 0 Å². The summed E-state index contributed by atoms with van der Waals surface area (Å²) in [7, 11) is 2.15. The largest absolute Gasteiger partial charge is 0.382 e. The van der Waals surface area contributed by atoms with Gasteiger partial charge < -0.3 is 10.2 Å². The van der Waals surface area contributed by atoms with Crippen molar-refractivity contribution in [1.29, 1.82) is 0 Å². The van der Waals surface area contributed by atoms with Gasteiger partial charge in [0.15, 0.2) is 0 Å². The van der Waals surface area contributed by atoms with Gasteiger partial charge in [-0.05, 0) is 51.5 Å². The van der Waals surface area contributed by atoms with E-state index in [0.717, 1.165) is 31.6 Å². The second-order valence-electron chi connectivity index (χ2n) is 4.88. The molecule has 0 saturated carbocycles. The number of nitrogens with zero attached hydrogens (tertiary/aromatic N) is 2. The Morgan fingerprint density at radius 3 is 2.67 bits per heavy atom. The Morgan fingerprint density at radius 1 is 1.28 bits per heavy atom. The highest BCUT2D eigenvalue weighted by Gasteiger charge is 2.14. The highest BCUT2D eigenvalue weighted by atomic mass is 16.6. The third-order valence-corrected chi connectivity index (χ3v) is 3.40. The summed E-state index contributed by atoms with van der Waals surface area (Å²) >= 11 is 0. The minimum Gasteiger partial charge on any atom is -0.382 e. The molecule has 1 aliphatic rings. The summed E-state index contributed by atoms with van der Waals surface area (Å²) in [5.41, 5.74) is 1.11. The van der Waals surface area contributed by atoms with Gasteiger partial charge in [0.2, 0.25) is 0 Å². The topological polar surface area (TPSA) is 58.4 Å². The van der Waals surface area contributed by atoms with E-state index in [9.17, 15) is 10.1 Å². The van der Waals surface area contributed by atoms with Crippen molar-refractivity contribution >= 4 is 11.4 Å². The molecule has 1 heterocycles. The van der Waals surface area contributed by atoms with Crippen molar-refractivity contribution in [2.75, 3.05) is 25.5 Å². The average molecular weight is 249 g/mol. The van der Waals surface area contributed by atoms with Crippen LogP contribution in [0.15, 0.2) is 24.3 Å². The van der Waals surface area contributed by atoms with Crippen molar-refractivity contribution in [3.63, 3.8) is 0 Å². The summed E-state index contributed by atoms with van der Waals surface area (Å²) in [4.78, 5) is 12.5. The summed E-state index contributed by atoms with van der Waals surface area (Å²) < 4.78 is 0. The van der Waals surface area contributed by atoms with Crippen LogP contribution in [0.3, 0.4) is 0 Å². The highest BCUT2D eigenvalue weighted by Crippen LogP contribution is 2.19. The zero-order valence-corrected chi connectivity index (χ0v) is 10.6. The third kappa shape index (κ3) is 3.43. The molecule has 0 spiro atoms. The van der Waals surface area contributed by atoms with Crippen molar-refractivity contribution in [3.8, 4) is 0 Å². The van der Waals surface area contributed by atoms with Gasteiger partial charge >= 0.3 is 0 Å². The maximum Gasteiger partial charge on any atom is 0.269 e. The number of likely N-dealkylation sites (tertiary alicyclic amines) is 1. The second-order valence-corrected chi connectivity index (χ2v) is 4.88. The van der Waals surface area contributed by atoms with E-state index in [2.05, 4.69) is 17.3 Å². The van der Waals surface area contributed by atoms with Gasteiger partial charge in [-0.15, -0.1) is 0 Å². The maximum absolute atomic E-state index is 10.6.